The van der Waals surface area contributed by atoms with Gasteiger partial charge in [-0.05, 0) is 5.16 Å². The molecule has 0 aliphatic carbocycles. The molecule has 0 unspecified atom stereocenters. The number of oxime groups is 1. The third kappa shape index (κ3) is 0.840. The van der Waals surface area contributed by atoms with E-state index < -0.39 is 0 Å². The smallest absolute Gasteiger partial charge is 0.186 e. The maximum absolute atomic E-state index is 5.40. The van der Waals surface area contributed by atoms with Crippen LogP contribution in [0.4, 0.5) is 0 Å². The van der Waals surface area contributed by atoms with Crippen LogP contribution in [-0.4, -0.2) is 5.84 Å². The molecule has 0 aromatic heterocycles. The summed E-state index contributed by atoms with van der Waals surface area (Å²) in [6.45, 7) is 0. The Morgan fingerprint density at radius 3 is 2.88 bits per heavy atom. The van der Waals surface area contributed by atoms with Crippen LogP contribution in [0.25, 0.3) is 0 Å². The first-order chi connectivity index (χ1) is 3.80. The second kappa shape index (κ2) is 1.92. The maximum atomic E-state index is 5.40. The molecule has 43 valence electrons. The summed E-state index contributed by atoms with van der Waals surface area (Å²) in [6.07, 6.45) is 1.28. The van der Waals surface area contributed by atoms with Gasteiger partial charge in [0.25, 0.3) is 0 Å². The van der Waals surface area contributed by atoms with Crippen molar-refractivity contribution in [1.82, 2.24) is 5.48 Å². The predicted octanol–water partition coefficient (Wildman–Crippen LogP) is -0.112. The highest BCUT2D eigenvalue weighted by molar-refractivity contribution is 6.42. The van der Waals surface area contributed by atoms with E-state index in [-0.39, 0.29) is 5.84 Å². The van der Waals surface area contributed by atoms with Gasteiger partial charge in [-0.2, -0.15) is 0 Å². The van der Waals surface area contributed by atoms with Crippen LogP contribution in [0.15, 0.2) is 16.4 Å². The van der Waals surface area contributed by atoms with Gasteiger partial charge in [0.1, 0.15) is 5.03 Å². The summed E-state index contributed by atoms with van der Waals surface area (Å²) in [4.78, 5) is 4.18. The Labute approximate surface area is 50.9 Å². The molecule has 8 heavy (non-hydrogen) atoms. The normalized spacial score (nSPS) is 17.6. The van der Waals surface area contributed by atoms with Crippen LogP contribution in [0.1, 0.15) is 0 Å². The van der Waals surface area contributed by atoms with Crippen molar-refractivity contribution >= 4 is 17.4 Å². The lowest BCUT2D eigenvalue weighted by Crippen LogP contribution is -2.17. The number of rotatable bonds is 0. The summed E-state index contributed by atoms with van der Waals surface area (Å²) in [5.74, 6) is 0.154. The van der Waals surface area contributed by atoms with Crippen LogP contribution in [0.2, 0.25) is 0 Å². The standard InChI is InChI=1S/C3H3ClN3O/c4-2-1-6-8-7-3(2)5/h1H,(H2,5,7). The monoisotopic (exact) mass is 132 g/mol. The minimum atomic E-state index is 0.154. The molecule has 0 saturated heterocycles. The fraction of sp³-hybridized carbons (Fsp3) is 0. The number of hydrogen-bond acceptors (Lipinski definition) is 3. The van der Waals surface area contributed by atoms with Crippen molar-refractivity contribution in [3.8, 4) is 0 Å². The number of halogens is 1. The molecule has 5 heteroatoms. The van der Waals surface area contributed by atoms with Gasteiger partial charge in [-0.25, -0.2) is 4.94 Å². The van der Waals surface area contributed by atoms with Crippen molar-refractivity contribution in [2.75, 3.05) is 0 Å². The third-order valence-corrected chi connectivity index (χ3v) is 0.888. The molecular weight excluding hydrogens is 130 g/mol. The van der Waals surface area contributed by atoms with Gasteiger partial charge in [-0.3, -0.25) is 0 Å². The number of hydrogen-bond donors (Lipinski definition) is 1. The first kappa shape index (κ1) is 5.24. The Hall–Kier alpha value is -0.900. The van der Waals surface area contributed by atoms with Crippen LogP contribution >= 0.6 is 11.6 Å². The van der Waals surface area contributed by atoms with E-state index in [1.807, 2.05) is 0 Å². The molecule has 1 rings (SSSR count). The van der Waals surface area contributed by atoms with Crippen LogP contribution in [0.3, 0.4) is 0 Å². The largest absolute Gasteiger partial charge is 0.380 e. The average molecular weight is 133 g/mol. The Balaban J connectivity index is 2.73. The van der Waals surface area contributed by atoms with Crippen LogP contribution in [0.5, 0.6) is 0 Å². The molecule has 0 atom stereocenters. The zero-order valence-electron chi connectivity index (χ0n) is 3.84. The van der Waals surface area contributed by atoms with Crippen molar-refractivity contribution in [2.45, 2.75) is 0 Å². The van der Waals surface area contributed by atoms with Gasteiger partial charge >= 0.3 is 0 Å². The summed E-state index contributed by atoms with van der Waals surface area (Å²) in [5.41, 5.74) is 8.39. The zero-order valence-corrected chi connectivity index (χ0v) is 4.59. The van der Waals surface area contributed by atoms with Crippen LogP contribution in [0, 0.1) is 0 Å². The first-order valence-electron chi connectivity index (χ1n) is 1.86. The molecule has 0 aromatic carbocycles. The number of nitrogens with two attached hydrogens (primary N) is 1. The predicted molar refractivity (Wildman–Crippen MR) is 28.8 cm³/mol. The van der Waals surface area contributed by atoms with Gasteiger partial charge in [0, 0.05) is 0 Å². The Morgan fingerprint density at radius 1 is 1.75 bits per heavy atom. The minimum Gasteiger partial charge on any atom is -0.380 e. The molecule has 0 amide bonds. The van der Waals surface area contributed by atoms with Gasteiger partial charge in [0.15, 0.2) is 5.84 Å². The quantitative estimate of drug-likeness (QED) is 0.500. The first-order valence-corrected chi connectivity index (χ1v) is 2.24. The molecule has 1 heterocycles. The van der Waals surface area contributed by atoms with Gasteiger partial charge < -0.3 is 5.73 Å². The highest BCUT2D eigenvalue weighted by Gasteiger charge is 2.03. The zero-order chi connectivity index (χ0) is 5.98. The lowest BCUT2D eigenvalue weighted by atomic mass is 10.5. The van der Waals surface area contributed by atoms with Crippen molar-refractivity contribution < 1.29 is 4.94 Å². The molecule has 1 radical (unpaired) electrons. The second-order valence-electron chi connectivity index (χ2n) is 1.14. The Bertz CT molecular complexity index is 135. The summed E-state index contributed by atoms with van der Waals surface area (Å²) in [7, 11) is 0. The summed E-state index contributed by atoms with van der Waals surface area (Å²) in [6, 6.07) is 0. The van der Waals surface area contributed by atoms with E-state index in [1.54, 1.807) is 0 Å². The number of hydroxylamine groups is 1. The molecule has 1 aliphatic heterocycles. The van der Waals surface area contributed by atoms with Gasteiger partial charge in [0.05, 0.1) is 6.20 Å². The lowest BCUT2D eigenvalue weighted by Gasteiger charge is -2.00. The fourth-order valence-electron chi connectivity index (χ4n) is 0.247. The molecule has 4 nitrogen and oxygen atoms in total. The van der Waals surface area contributed by atoms with Crippen LogP contribution < -0.4 is 11.2 Å². The molecule has 1 aliphatic rings. The Morgan fingerprint density at radius 2 is 2.50 bits per heavy atom. The van der Waals surface area contributed by atoms with Gasteiger partial charge in [-0.1, -0.05) is 17.1 Å². The highest BCUT2D eigenvalue weighted by atomic mass is 35.5. The van der Waals surface area contributed by atoms with Crippen LogP contribution in [-0.2, 0) is 4.94 Å². The summed E-state index contributed by atoms with van der Waals surface area (Å²) >= 11 is 5.40. The van der Waals surface area contributed by atoms with E-state index in [2.05, 4.69) is 15.6 Å². The molecule has 2 N–H and O–H groups in total. The van der Waals surface area contributed by atoms with E-state index in [1.165, 1.54) is 6.20 Å². The average Bonchev–Trinajstić information content (AvgIpc) is 1.77. The lowest BCUT2D eigenvalue weighted by molar-refractivity contribution is 0.0667. The molecule has 0 aromatic rings. The topological polar surface area (TPSA) is 61.7 Å². The number of amidine groups is 1. The molecular formula is C3H3ClN3O. The van der Waals surface area contributed by atoms with Gasteiger partial charge in [0.2, 0.25) is 0 Å². The summed E-state index contributed by atoms with van der Waals surface area (Å²) in [5, 5.41) is 3.54. The van der Waals surface area contributed by atoms with Crippen molar-refractivity contribution in [1.29, 1.82) is 0 Å². The molecule has 0 spiro atoms. The SMILES string of the molecule is NC1=NO[N]C=C1Cl. The third-order valence-electron chi connectivity index (χ3n) is 0.597. The maximum Gasteiger partial charge on any atom is 0.186 e. The van der Waals surface area contributed by atoms with Crippen molar-refractivity contribution in [3.63, 3.8) is 0 Å². The van der Waals surface area contributed by atoms with Crippen molar-refractivity contribution in [3.05, 3.63) is 11.2 Å². The number of nitrogens with zero attached hydrogens (tertiary/aromatic N) is 2. The Kier molecular flexibility index (Phi) is 1.26. The van der Waals surface area contributed by atoms with E-state index >= 15 is 0 Å². The molecule has 0 bridgehead atoms. The van der Waals surface area contributed by atoms with Gasteiger partial charge in [-0.15, -0.1) is 0 Å². The van der Waals surface area contributed by atoms with Crippen molar-refractivity contribution in [2.24, 2.45) is 10.9 Å². The molecule has 0 fully saturated rings. The summed E-state index contributed by atoms with van der Waals surface area (Å²) < 4.78 is 0. The minimum absolute atomic E-state index is 0.154. The fourth-order valence-corrected chi connectivity index (χ4v) is 0.321. The van der Waals surface area contributed by atoms with E-state index in [0.29, 0.717) is 5.03 Å². The van der Waals surface area contributed by atoms with E-state index in [0.717, 1.165) is 0 Å². The van der Waals surface area contributed by atoms with E-state index in [9.17, 15) is 0 Å². The van der Waals surface area contributed by atoms with E-state index in [4.69, 9.17) is 17.3 Å². The molecule has 0 saturated carbocycles. The second-order valence-corrected chi connectivity index (χ2v) is 1.55. The highest BCUT2D eigenvalue weighted by Crippen LogP contribution is 2.03.